The molecule has 20 heteroatoms. The summed E-state index contributed by atoms with van der Waals surface area (Å²) in [4.78, 5) is 17.9. The number of aromatic amines is 4. The van der Waals surface area contributed by atoms with Gasteiger partial charge in [0, 0.05) is 105 Å². The topological polar surface area (TPSA) is 247 Å². The van der Waals surface area contributed by atoms with Crippen molar-refractivity contribution in [2.24, 2.45) is 0 Å². The lowest BCUT2D eigenvalue weighted by atomic mass is 10.1. The van der Waals surface area contributed by atoms with Crippen LogP contribution in [0.15, 0.2) is 84.9 Å². The zero-order valence-corrected chi connectivity index (χ0v) is 37.7. The zero-order valence-electron chi connectivity index (χ0n) is 34.6. The van der Waals surface area contributed by atoms with Gasteiger partial charge in [-0.25, -0.2) is 4.68 Å². The first-order valence-corrected chi connectivity index (χ1v) is 22.3. The molecule has 0 aliphatic carbocycles. The number of hydrogen-bond donors (Lipinski definition) is 8. The number of nitrogens with two attached hydrogens (primary N) is 4. The summed E-state index contributed by atoms with van der Waals surface area (Å²) in [6, 6.07) is 27.5. The number of aromatic nitrogens is 10. The highest BCUT2D eigenvalue weighted by Crippen LogP contribution is 2.44. The number of benzene rings is 6. The van der Waals surface area contributed by atoms with Crippen LogP contribution in [0.4, 0.5) is 23.8 Å². The van der Waals surface area contributed by atoms with E-state index in [1.807, 2.05) is 72.8 Å². The third-order valence-corrected chi connectivity index (χ3v) is 12.7. The molecule has 6 aromatic carbocycles. The summed E-state index contributed by atoms with van der Waals surface area (Å²) in [5, 5.41) is 22.6. The SMILES string of the molecule is Nc1nc(N)n(CCCOc2c3[nH]c4ccc(Cl)cc4c3cc3c2[nH]c2ccc(Cl)cc23)n1.Nc1nnc(N)n1CCCOc1c2[nH]c3ccc(Cl)cc3c2cc2c1[nH]c1ccc(Cl)cc12. The third-order valence-electron chi connectivity index (χ3n) is 11.7. The Morgan fingerprint density at radius 1 is 0.455 bits per heavy atom. The molecule has 12 rings (SSSR count). The standard InChI is InChI=1S/2C23H19Cl2N7O/c24-11-2-4-17-13(8-11)15-10-16-14-9-12(25)3-5-18(14)29-20(16)21(19(15)28-17)33-7-1-6-32-22(26)30-31-23(32)27;24-11-2-4-17-13(8-11)15-10-16-14-9-12(25)3-5-18(14)29-20(16)21(19(15)28-17)33-7-1-6-32-23(27)30-22(26)31-32/h2-5,8-10,28-29H,1,6-7H2,(H2,26,30)(H2,27,31);2-5,8-10,28-29H,1,6-7H2,(H4,26,27,30,31). The summed E-state index contributed by atoms with van der Waals surface area (Å²) in [5.41, 5.74) is 30.7. The second-order valence-electron chi connectivity index (χ2n) is 15.9. The number of rotatable bonds is 10. The van der Waals surface area contributed by atoms with Gasteiger partial charge >= 0.3 is 0 Å². The van der Waals surface area contributed by atoms with Crippen molar-refractivity contribution >= 4 is 157 Å². The van der Waals surface area contributed by atoms with E-state index >= 15 is 0 Å². The molecule has 0 spiro atoms. The van der Waals surface area contributed by atoms with Gasteiger partial charge in [-0.1, -0.05) is 46.4 Å². The largest absolute Gasteiger partial charge is 0.489 e. The zero-order chi connectivity index (χ0) is 45.4. The summed E-state index contributed by atoms with van der Waals surface area (Å²) >= 11 is 25.2. The number of halogens is 4. The molecule has 16 nitrogen and oxygen atoms in total. The second-order valence-corrected chi connectivity index (χ2v) is 17.6. The summed E-state index contributed by atoms with van der Waals surface area (Å²) < 4.78 is 16.0. The molecule has 0 fully saturated rings. The Labute approximate surface area is 393 Å². The first kappa shape index (κ1) is 41.5. The Balaban J connectivity index is 0.000000146. The van der Waals surface area contributed by atoms with Crippen LogP contribution in [0.5, 0.6) is 11.5 Å². The third kappa shape index (κ3) is 7.27. The molecule has 66 heavy (non-hydrogen) atoms. The van der Waals surface area contributed by atoms with Crippen LogP contribution in [0, 0.1) is 0 Å². The first-order chi connectivity index (χ1) is 32.0. The van der Waals surface area contributed by atoms with Crippen LogP contribution in [0.3, 0.4) is 0 Å². The van der Waals surface area contributed by atoms with E-state index in [1.54, 1.807) is 9.25 Å². The highest BCUT2D eigenvalue weighted by Gasteiger charge is 2.20. The van der Waals surface area contributed by atoms with Crippen molar-refractivity contribution in [1.82, 2.24) is 49.5 Å². The molecule has 0 aliphatic heterocycles. The molecule has 12 aromatic rings. The van der Waals surface area contributed by atoms with E-state index in [0.29, 0.717) is 59.2 Å². The predicted octanol–water partition coefficient (Wildman–Crippen LogP) is 11.0. The van der Waals surface area contributed by atoms with Crippen LogP contribution in [-0.2, 0) is 13.1 Å². The molecule has 0 amide bonds. The number of nitrogens with one attached hydrogen (secondary N) is 4. The molecule has 12 N–H and O–H groups in total. The van der Waals surface area contributed by atoms with Crippen molar-refractivity contribution in [3.05, 3.63) is 105 Å². The quantitative estimate of drug-likeness (QED) is 0.0602. The smallest absolute Gasteiger partial charge is 0.241 e. The normalized spacial score (nSPS) is 11.9. The average Bonchev–Trinajstić information content (AvgIpc) is 4.15. The van der Waals surface area contributed by atoms with Gasteiger partial charge in [-0.3, -0.25) is 4.57 Å². The van der Waals surface area contributed by atoms with E-state index in [1.165, 1.54) is 0 Å². The maximum absolute atomic E-state index is 6.37. The molecular weight excluding hydrogens is 922 g/mol. The van der Waals surface area contributed by atoms with Crippen molar-refractivity contribution < 1.29 is 9.47 Å². The molecule has 6 aromatic heterocycles. The molecule has 0 radical (unpaired) electrons. The number of hydrogen-bond acceptors (Lipinski definition) is 10. The van der Waals surface area contributed by atoms with Crippen LogP contribution in [0.25, 0.3) is 87.2 Å². The van der Waals surface area contributed by atoms with Crippen LogP contribution in [0.2, 0.25) is 20.1 Å². The van der Waals surface area contributed by atoms with Gasteiger partial charge in [0.2, 0.25) is 23.8 Å². The minimum absolute atomic E-state index is 0.161. The number of nitrogens with zero attached hydrogens (tertiary/aromatic N) is 6. The lowest BCUT2D eigenvalue weighted by Gasteiger charge is -2.10. The molecule has 6 heterocycles. The monoisotopic (exact) mass is 958 g/mol. The van der Waals surface area contributed by atoms with Crippen LogP contribution >= 0.6 is 46.4 Å². The van der Waals surface area contributed by atoms with Crippen molar-refractivity contribution in [3.63, 3.8) is 0 Å². The van der Waals surface area contributed by atoms with Gasteiger partial charge in [0.1, 0.15) is 0 Å². The molecule has 332 valence electrons. The van der Waals surface area contributed by atoms with E-state index in [0.717, 1.165) is 98.7 Å². The van der Waals surface area contributed by atoms with Gasteiger partial charge in [0.25, 0.3) is 0 Å². The van der Waals surface area contributed by atoms with Gasteiger partial charge in [0.15, 0.2) is 11.5 Å². The van der Waals surface area contributed by atoms with Crippen molar-refractivity contribution in [1.29, 1.82) is 0 Å². The molecule has 0 saturated heterocycles. The van der Waals surface area contributed by atoms with Crippen LogP contribution < -0.4 is 32.4 Å². The molecule has 0 bridgehead atoms. The molecule has 0 saturated carbocycles. The Morgan fingerprint density at radius 3 is 1.17 bits per heavy atom. The first-order valence-electron chi connectivity index (χ1n) is 20.8. The minimum Gasteiger partial charge on any atom is -0.489 e. The summed E-state index contributed by atoms with van der Waals surface area (Å²) in [6.07, 6.45) is 1.34. The van der Waals surface area contributed by atoms with Crippen molar-refractivity contribution in [2.45, 2.75) is 25.9 Å². The minimum atomic E-state index is 0.161. The second kappa shape index (κ2) is 16.3. The molecular formula is C46H38Cl4N14O2. The molecule has 0 unspecified atom stereocenters. The number of nitrogen functional groups attached to an aromatic ring is 4. The van der Waals surface area contributed by atoms with Crippen molar-refractivity contribution in [2.75, 3.05) is 36.1 Å². The van der Waals surface area contributed by atoms with Crippen LogP contribution in [0.1, 0.15) is 12.8 Å². The van der Waals surface area contributed by atoms with E-state index < -0.39 is 0 Å². The van der Waals surface area contributed by atoms with Crippen LogP contribution in [-0.4, -0.2) is 62.7 Å². The fourth-order valence-electron chi connectivity index (χ4n) is 8.76. The fourth-order valence-corrected chi connectivity index (χ4v) is 9.45. The Kier molecular flexibility index (Phi) is 10.3. The Morgan fingerprint density at radius 2 is 0.818 bits per heavy atom. The van der Waals surface area contributed by atoms with Gasteiger partial charge in [-0.05, 0) is 91.3 Å². The van der Waals surface area contributed by atoms with Gasteiger partial charge < -0.3 is 52.3 Å². The lowest BCUT2D eigenvalue weighted by molar-refractivity contribution is 0.305. The fraction of sp³-hybridized carbons (Fsp3) is 0.130. The van der Waals surface area contributed by atoms with E-state index in [2.05, 4.69) is 52.3 Å². The Hall–Kier alpha value is -7.24. The Bertz CT molecular complexity index is 3650. The molecule has 0 atom stereocenters. The maximum atomic E-state index is 6.37. The molecule has 0 aliphatic rings. The number of ether oxygens (including phenoxy) is 2. The highest BCUT2D eigenvalue weighted by atomic mass is 35.5. The maximum Gasteiger partial charge on any atom is 0.241 e. The number of H-pyrrole nitrogens is 4. The summed E-state index contributed by atoms with van der Waals surface area (Å²) in [7, 11) is 0. The van der Waals surface area contributed by atoms with Gasteiger partial charge in [0.05, 0.1) is 35.3 Å². The summed E-state index contributed by atoms with van der Waals surface area (Å²) in [5.74, 6) is 2.51. The van der Waals surface area contributed by atoms with E-state index in [4.69, 9.17) is 78.8 Å². The van der Waals surface area contributed by atoms with E-state index in [9.17, 15) is 0 Å². The highest BCUT2D eigenvalue weighted by molar-refractivity contribution is 6.34. The number of aryl methyl sites for hydroxylation is 1. The number of fused-ring (bicyclic) bond motifs is 12. The van der Waals surface area contributed by atoms with Gasteiger partial charge in [-0.2, -0.15) is 4.98 Å². The van der Waals surface area contributed by atoms with E-state index in [-0.39, 0.29) is 23.8 Å². The predicted molar refractivity (Wildman–Crippen MR) is 268 cm³/mol. The average molecular weight is 961 g/mol. The number of anilines is 4. The lowest BCUT2D eigenvalue weighted by Crippen LogP contribution is -2.10. The van der Waals surface area contributed by atoms with Crippen molar-refractivity contribution in [3.8, 4) is 11.5 Å². The van der Waals surface area contributed by atoms with Gasteiger partial charge in [-0.15, -0.1) is 15.3 Å². The summed E-state index contributed by atoms with van der Waals surface area (Å²) in [6.45, 7) is 1.98.